The number of piperidine rings is 1. The van der Waals surface area contributed by atoms with Crippen molar-refractivity contribution in [3.8, 4) is 0 Å². The van der Waals surface area contributed by atoms with Gasteiger partial charge in [0.25, 0.3) is 5.92 Å². The van der Waals surface area contributed by atoms with Crippen LogP contribution in [0.15, 0.2) is 24.3 Å². The minimum atomic E-state index is -2.51. The first-order chi connectivity index (χ1) is 12.0. The highest BCUT2D eigenvalue weighted by Gasteiger charge is 2.49. The van der Waals surface area contributed by atoms with Crippen molar-refractivity contribution in [1.29, 1.82) is 0 Å². The predicted molar refractivity (Wildman–Crippen MR) is 96.2 cm³/mol. The Morgan fingerprint density at radius 3 is 2.52 bits per heavy atom. The third-order valence-electron chi connectivity index (χ3n) is 6.19. The van der Waals surface area contributed by atoms with E-state index in [2.05, 4.69) is 46.3 Å². The van der Waals surface area contributed by atoms with Crippen LogP contribution in [0, 0.1) is 6.92 Å². The van der Waals surface area contributed by atoms with Gasteiger partial charge in [-0.2, -0.15) is 0 Å². The van der Waals surface area contributed by atoms with E-state index in [1.807, 2.05) is 0 Å². The fourth-order valence-corrected chi connectivity index (χ4v) is 4.89. The fraction of sp³-hybridized carbons (Fsp3) is 0.700. The summed E-state index contributed by atoms with van der Waals surface area (Å²) in [5, 5.41) is 3.43. The Morgan fingerprint density at radius 2 is 1.80 bits per heavy atom. The van der Waals surface area contributed by atoms with Gasteiger partial charge in [0.1, 0.15) is 0 Å². The molecule has 3 fully saturated rings. The molecule has 0 unspecified atom stereocenters. The minimum Gasteiger partial charge on any atom is -0.317 e. The normalized spacial score (nSPS) is 31.2. The number of hydrogen-bond acceptors (Lipinski definition) is 3. The molecule has 1 aromatic carbocycles. The molecular formula is C20H29F2N3. The molecule has 1 N–H and O–H groups in total. The van der Waals surface area contributed by atoms with Crippen molar-refractivity contribution in [2.45, 2.75) is 56.7 Å². The first-order valence-corrected chi connectivity index (χ1v) is 9.64. The number of fused-ring (bicyclic) bond motifs is 1. The molecule has 3 aliphatic rings. The predicted octanol–water partition coefficient (Wildman–Crippen LogP) is 2.68. The molecule has 0 amide bonds. The molecule has 0 radical (unpaired) electrons. The van der Waals surface area contributed by atoms with Crippen LogP contribution in [-0.2, 0) is 6.42 Å². The van der Waals surface area contributed by atoms with Crippen LogP contribution < -0.4 is 5.32 Å². The first-order valence-electron chi connectivity index (χ1n) is 9.64. The summed E-state index contributed by atoms with van der Waals surface area (Å²) < 4.78 is 27.9. The lowest BCUT2D eigenvalue weighted by molar-refractivity contribution is 0.000525. The first kappa shape index (κ1) is 17.4. The van der Waals surface area contributed by atoms with Gasteiger partial charge in [0.05, 0.1) is 6.54 Å². The van der Waals surface area contributed by atoms with E-state index in [1.165, 1.54) is 11.1 Å². The Balaban J connectivity index is 1.53. The van der Waals surface area contributed by atoms with E-state index in [0.29, 0.717) is 12.1 Å². The number of piperazine rings is 1. The van der Waals surface area contributed by atoms with Gasteiger partial charge in [-0.3, -0.25) is 9.80 Å². The molecule has 5 heteroatoms. The van der Waals surface area contributed by atoms with Crippen molar-refractivity contribution in [3.63, 3.8) is 0 Å². The van der Waals surface area contributed by atoms with Gasteiger partial charge >= 0.3 is 0 Å². The number of nitrogens with one attached hydrogen (secondary N) is 1. The van der Waals surface area contributed by atoms with Crippen LogP contribution in [0.5, 0.6) is 0 Å². The molecule has 3 saturated heterocycles. The summed E-state index contributed by atoms with van der Waals surface area (Å²) in [4.78, 5) is 4.62. The van der Waals surface area contributed by atoms with Crippen molar-refractivity contribution in [2.24, 2.45) is 0 Å². The van der Waals surface area contributed by atoms with Crippen LogP contribution in [0.2, 0.25) is 0 Å². The molecule has 0 spiro atoms. The van der Waals surface area contributed by atoms with Crippen molar-refractivity contribution >= 4 is 0 Å². The number of alkyl halides is 2. The van der Waals surface area contributed by atoms with E-state index in [9.17, 15) is 8.78 Å². The highest BCUT2D eigenvalue weighted by atomic mass is 19.3. The Kier molecular flexibility index (Phi) is 4.82. The van der Waals surface area contributed by atoms with Crippen molar-refractivity contribution in [3.05, 3.63) is 35.4 Å². The maximum atomic E-state index is 13.9. The van der Waals surface area contributed by atoms with Crippen molar-refractivity contribution in [2.75, 3.05) is 32.7 Å². The second-order valence-corrected chi connectivity index (χ2v) is 8.16. The topological polar surface area (TPSA) is 18.5 Å². The SMILES string of the molecule is Cc1ccc(C[C@H]2CN3CC(F)(F)C[C@H]3CN2C2CCNCC2)cc1. The number of hydrogen-bond donors (Lipinski definition) is 1. The molecule has 3 nitrogen and oxygen atoms in total. The zero-order valence-corrected chi connectivity index (χ0v) is 15.1. The van der Waals surface area contributed by atoms with Gasteiger partial charge in [-0.1, -0.05) is 29.8 Å². The molecule has 0 bridgehead atoms. The number of rotatable bonds is 3. The van der Waals surface area contributed by atoms with E-state index in [4.69, 9.17) is 0 Å². The zero-order valence-electron chi connectivity index (χ0n) is 15.1. The summed E-state index contributed by atoms with van der Waals surface area (Å²) in [6, 6.07) is 9.60. The third kappa shape index (κ3) is 3.88. The molecule has 0 aromatic heterocycles. The van der Waals surface area contributed by atoms with E-state index < -0.39 is 5.92 Å². The lowest BCUT2D eigenvalue weighted by atomic mass is 9.94. The molecule has 0 aliphatic carbocycles. The van der Waals surface area contributed by atoms with Gasteiger partial charge < -0.3 is 5.32 Å². The number of halogens is 2. The molecule has 3 heterocycles. The Morgan fingerprint density at radius 1 is 1.08 bits per heavy atom. The molecule has 25 heavy (non-hydrogen) atoms. The maximum absolute atomic E-state index is 13.9. The zero-order chi connectivity index (χ0) is 17.4. The maximum Gasteiger partial charge on any atom is 0.262 e. The summed E-state index contributed by atoms with van der Waals surface area (Å²) in [6.07, 6.45) is 3.26. The average molecular weight is 349 g/mol. The Hall–Kier alpha value is -1.04. The summed E-state index contributed by atoms with van der Waals surface area (Å²) >= 11 is 0. The molecule has 138 valence electrons. The van der Waals surface area contributed by atoms with Crippen molar-refractivity contribution < 1.29 is 8.78 Å². The fourth-order valence-electron chi connectivity index (χ4n) is 4.89. The quantitative estimate of drug-likeness (QED) is 0.905. The van der Waals surface area contributed by atoms with E-state index in [0.717, 1.165) is 45.4 Å². The largest absolute Gasteiger partial charge is 0.317 e. The van der Waals surface area contributed by atoms with Crippen LogP contribution in [-0.4, -0.2) is 66.6 Å². The average Bonchev–Trinajstić information content (AvgIpc) is 2.90. The van der Waals surface area contributed by atoms with Gasteiger partial charge in [-0.15, -0.1) is 0 Å². The minimum absolute atomic E-state index is 0.0270. The van der Waals surface area contributed by atoms with Crippen LogP contribution in [0.25, 0.3) is 0 Å². The molecule has 3 aliphatic heterocycles. The van der Waals surface area contributed by atoms with Gasteiger partial charge in [0.2, 0.25) is 0 Å². The second-order valence-electron chi connectivity index (χ2n) is 8.16. The summed E-state index contributed by atoms with van der Waals surface area (Å²) in [5.41, 5.74) is 2.58. The van der Waals surface area contributed by atoms with Gasteiger partial charge in [0.15, 0.2) is 0 Å². The van der Waals surface area contributed by atoms with E-state index in [1.54, 1.807) is 0 Å². The molecule has 4 rings (SSSR count). The number of aryl methyl sites for hydroxylation is 1. The lowest BCUT2D eigenvalue weighted by Crippen LogP contribution is -2.61. The molecule has 1 aromatic rings. The van der Waals surface area contributed by atoms with Crippen LogP contribution in [0.1, 0.15) is 30.4 Å². The monoisotopic (exact) mass is 349 g/mol. The highest BCUT2D eigenvalue weighted by Crippen LogP contribution is 2.37. The standard InChI is InChI=1S/C20H29F2N3/c1-15-2-4-16(5-3-15)10-18-12-24-14-20(21,22)11-19(24)13-25(18)17-6-8-23-9-7-17/h2-5,17-19,23H,6-14H2,1H3/t18-,19-/m0/s1. The van der Waals surface area contributed by atoms with Crippen molar-refractivity contribution in [1.82, 2.24) is 15.1 Å². The molecule has 0 saturated carbocycles. The van der Waals surface area contributed by atoms with Crippen LogP contribution in [0.4, 0.5) is 8.78 Å². The second kappa shape index (κ2) is 6.93. The smallest absolute Gasteiger partial charge is 0.262 e. The lowest BCUT2D eigenvalue weighted by Gasteiger charge is -2.48. The summed E-state index contributed by atoms with van der Waals surface area (Å²) in [6.45, 7) is 5.71. The van der Waals surface area contributed by atoms with Crippen LogP contribution >= 0.6 is 0 Å². The molecule has 2 atom stereocenters. The van der Waals surface area contributed by atoms with Crippen LogP contribution in [0.3, 0.4) is 0 Å². The highest BCUT2D eigenvalue weighted by molar-refractivity contribution is 5.22. The summed E-state index contributed by atoms with van der Waals surface area (Å²) in [5.74, 6) is -2.51. The van der Waals surface area contributed by atoms with Gasteiger partial charge in [0, 0.05) is 37.6 Å². The van der Waals surface area contributed by atoms with Gasteiger partial charge in [-0.25, -0.2) is 8.78 Å². The Labute approximate surface area is 149 Å². The summed E-state index contributed by atoms with van der Waals surface area (Å²) in [7, 11) is 0. The molecular weight excluding hydrogens is 320 g/mol. The van der Waals surface area contributed by atoms with Gasteiger partial charge in [-0.05, 0) is 44.8 Å². The number of nitrogens with zero attached hydrogens (tertiary/aromatic N) is 2. The Bertz CT molecular complexity index is 583. The third-order valence-corrected chi connectivity index (χ3v) is 6.19. The van der Waals surface area contributed by atoms with E-state index in [-0.39, 0.29) is 19.0 Å². The number of benzene rings is 1. The van der Waals surface area contributed by atoms with E-state index >= 15 is 0 Å².